The van der Waals surface area contributed by atoms with E-state index in [0.717, 1.165) is 38.5 Å². The van der Waals surface area contributed by atoms with E-state index in [1.54, 1.807) is 30.3 Å². The number of aromatic hydroxyl groups is 1. The van der Waals surface area contributed by atoms with Gasteiger partial charge < -0.3 is 14.8 Å². The highest BCUT2D eigenvalue weighted by Gasteiger charge is 2.32. The Labute approximate surface area is 221 Å². The minimum Gasteiger partial charge on any atom is -0.506 e. The summed E-state index contributed by atoms with van der Waals surface area (Å²) in [6.45, 7) is 4.34. The van der Waals surface area contributed by atoms with Crippen molar-refractivity contribution in [3.8, 4) is 22.6 Å². The molecule has 0 unspecified atom stereocenters. The Hall–Kier alpha value is -4.83. The molecule has 2 N–H and O–H groups in total. The number of carbonyl (C=O) groups is 1. The van der Waals surface area contributed by atoms with Gasteiger partial charge in [-0.15, -0.1) is 0 Å². The Morgan fingerprint density at radius 1 is 0.737 bits per heavy atom. The third-order valence-corrected chi connectivity index (χ3v) is 7.27. The first-order valence-corrected chi connectivity index (χ1v) is 12.6. The van der Waals surface area contributed by atoms with Gasteiger partial charge in [0.15, 0.2) is 0 Å². The molecule has 0 saturated heterocycles. The zero-order chi connectivity index (χ0) is 26.3. The lowest BCUT2D eigenvalue weighted by Gasteiger charge is -2.27. The van der Waals surface area contributed by atoms with Gasteiger partial charge in [-0.05, 0) is 40.6 Å². The summed E-state index contributed by atoms with van der Waals surface area (Å²) >= 11 is 0. The number of rotatable bonds is 5. The minimum atomic E-state index is -0.607. The van der Waals surface area contributed by atoms with Gasteiger partial charge in [-0.3, -0.25) is 0 Å². The first-order chi connectivity index (χ1) is 18.4. The van der Waals surface area contributed by atoms with E-state index in [4.69, 9.17) is 4.74 Å². The molecule has 0 amide bonds. The van der Waals surface area contributed by atoms with Crippen molar-refractivity contribution in [2.75, 3.05) is 0 Å². The van der Waals surface area contributed by atoms with Gasteiger partial charge in [0.1, 0.15) is 17.1 Å². The number of esters is 1. The number of fused-ring (bicyclic) bond motifs is 2. The van der Waals surface area contributed by atoms with E-state index >= 15 is 0 Å². The number of benzene rings is 5. The summed E-state index contributed by atoms with van der Waals surface area (Å²) in [4.78, 5) is 17.0. The van der Waals surface area contributed by atoms with Crippen molar-refractivity contribution in [1.82, 2.24) is 4.98 Å². The SMILES string of the molecule is CC(C)(c1ccccc1)c1[nH]c2ccccc2c1-c1c(O)c(C(=O)Oc2ccccc2)cc2ccccc12. The van der Waals surface area contributed by atoms with Gasteiger partial charge in [0.05, 0.1) is 0 Å². The highest BCUT2D eigenvalue weighted by atomic mass is 16.5. The van der Waals surface area contributed by atoms with Crippen LogP contribution in [0.1, 0.15) is 35.5 Å². The van der Waals surface area contributed by atoms with Gasteiger partial charge in [0.25, 0.3) is 0 Å². The van der Waals surface area contributed by atoms with E-state index < -0.39 is 11.4 Å². The zero-order valence-electron chi connectivity index (χ0n) is 21.2. The normalized spacial score (nSPS) is 11.6. The van der Waals surface area contributed by atoms with Crippen LogP contribution in [0.4, 0.5) is 0 Å². The van der Waals surface area contributed by atoms with Crippen LogP contribution in [0.2, 0.25) is 0 Å². The summed E-state index contributed by atoms with van der Waals surface area (Å²) in [6, 6.07) is 36.8. The van der Waals surface area contributed by atoms with Crippen LogP contribution in [-0.4, -0.2) is 16.1 Å². The summed E-state index contributed by atoms with van der Waals surface area (Å²) in [6.07, 6.45) is 0. The third-order valence-electron chi connectivity index (χ3n) is 7.27. The fraction of sp³-hybridized carbons (Fsp3) is 0.0882. The summed E-state index contributed by atoms with van der Waals surface area (Å²) in [5.41, 5.74) is 4.23. The first-order valence-electron chi connectivity index (χ1n) is 12.6. The van der Waals surface area contributed by atoms with E-state index in [1.807, 2.05) is 66.7 Å². The average Bonchev–Trinajstić information content (AvgIpc) is 3.34. The second kappa shape index (κ2) is 9.24. The monoisotopic (exact) mass is 497 g/mol. The standard InChI is InChI=1S/C34H27NO3/c1-34(2,23-14-5-3-6-15-23)32-30(26-19-11-12-20-28(26)35-32)29-25-18-10-9-13-22(25)21-27(31(29)36)33(37)38-24-16-7-4-8-17-24/h3-21,35-36H,1-2H3. The van der Waals surface area contributed by atoms with Gasteiger partial charge in [-0.1, -0.05) is 105 Å². The maximum Gasteiger partial charge on any atom is 0.347 e. The van der Waals surface area contributed by atoms with Crippen molar-refractivity contribution in [2.24, 2.45) is 0 Å². The molecule has 0 atom stereocenters. The number of phenolic OH excluding ortho intramolecular Hbond substituents is 1. The molecule has 5 aromatic carbocycles. The number of para-hydroxylation sites is 2. The van der Waals surface area contributed by atoms with Crippen molar-refractivity contribution in [3.05, 3.63) is 132 Å². The molecular weight excluding hydrogens is 470 g/mol. The first kappa shape index (κ1) is 23.6. The molecule has 4 nitrogen and oxygen atoms in total. The Morgan fingerprint density at radius 2 is 1.34 bits per heavy atom. The van der Waals surface area contributed by atoms with Crippen molar-refractivity contribution >= 4 is 27.6 Å². The van der Waals surface area contributed by atoms with Gasteiger partial charge in [-0.2, -0.15) is 0 Å². The van der Waals surface area contributed by atoms with Gasteiger partial charge in [0, 0.05) is 33.1 Å². The van der Waals surface area contributed by atoms with Crippen molar-refractivity contribution in [3.63, 3.8) is 0 Å². The Bertz CT molecular complexity index is 1780. The molecule has 186 valence electrons. The van der Waals surface area contributed by atoms with Gasteiger partial charge in [0.2, 0.25) is 0 Å². The second-order valence-corrected chi connectivity index (χ2v) is 9.98. The quantitative estimate of drug-likeness (QED) is 0.186. The fourth-order valence-corrected chi connectivity index (χ4v) is 5.27. The van der Waals surface area contributed by atoms with Crippen LogP contribution in [-0.2, 0) is 5.41 Å². The molecule has 0 aliphatic rings. The molecule has 6 rings (SSSR count). The number of hydrogen-bond donors (Lipinski definition) is 2. The number of phenols is 1. The highest BCUT2D eigenvalue weighted by Crippen LogP contribution is 2.48. The maximum atomic E-state index is 13.4. The highest BCUT2D eigenvalue weighted by molar-refractivity contribution is 6.13. The molecule has 4 heteroatoms. The average molecular weight is 498 g/mol. The van der Waals surface area contributed by atoms with Crippen molar-refractivity contribution in [1.29, 1.82) is 0 Å². The maximum absolute atomic E-state index is 13.4. The predicted octanol–water partition coefficient (Wildman–Crippen LogP) is 8.24. The van der Waals surface area contributed by atoms with Crippen LogP contribution in [0.25, 0.3) is 32.8 Å². The van der Waals surface area contributed by atoms with Crippen LogP contribution < -0.4 is 4.74 Å². The molecule has 0 radical (unpaired) electrons. The lowest BCUT2D eigenvalue weighted by molar-refractivity contribution is 0.0732. The Morgan fingerprint density at radius 3 is 2.08 bits per heavy atom. The number of hydrogen-bond acceptors (Lipinski definition) is 3. The minimum absolute atomic E-state index is 0.0977. The van der Waals surface area contributed by atoms with Crippen LogP contribution >= 0.6 is 0 Å². The molecule has 0 bridgehead atoms. The van der Waals surface area contributed by atoms with Gasteiger partial charge >= 0.3 is 5.97 Å². The molecule has 0 saturated carbocycles. The molecule has 6 aromatic rings. The lowest BCUT2D eigenvalue weighted by atomic mass is 9.78. The van der Waals surface area contributed by atoms with Crippen LogP contribution in [0.5, 0.6) is 11.5 Å². The molecule has 0 spiro atoms. The zero-order valence-corrected chi connectivity index (χ0v) is 21.2. The van der Waals surface area contributed by atoms with Crippen molar-refractivity contribution < 1.29 is 14.6 Å². The number of aromatic nitrogens is 1. The number of nitrogens with one attached hydrogen (secondary N) is 1. The van der Waals surface area contributed by atoms with E-state index in [-0.39, 0.29) is 11.3 Å². The topological polar surface area (TPSA) is 62.3 Å². The summed E-state index contributed by atoms with van der Waals surface area (Å²) in [5, 5.41) is 14.5. The summed E-state index contributed by atoms with van der Waals surface area (Å²) in [7, 11) is 0. The molecule has 0 aliphatic heterocycles. The van der Waals surface area contributed by atoms with Crippen LogP contribution in [0.15, 0.2) is 115 Å². The fourth-order valence-electron chi connectivity index (χ4n) is 5.27. The van der Waals surface area contributed by atoms with E-state index in [1.165, 1.54) is 0 Å². The number of carbonyl (C=O) groups excluding carboxylic acids is 1. The van der Waals surface area contributed by atoms with E-state index in [9.17, 15) is 9.90 Å². The molecular formula is C34H27NO3. The smallest absolute Gasteiger partial charge is 0.347 e. The Balaban J connectivity index is 1.65. The Kier molecular flexibility index (Phi) is 5.73. The predicted molar refractivity (Wildman–Crippen MR) is 153 cm³/mol. The molecule has 1 aromatic heterocycles. The largest absolute Gasteiger partial charge is 0.506 e. The lowest BCUT2D eigenvalue weighted by Crippen LogP contribution is -2.20. The van der Waals surface area contributed by atoms with Gasteiger partial charge in [-0.25, -0.2) is 4.79 Å². The third kappa shape index (κ3) is 3.91. The van der Waals surface area contributed by atoms with Crippen molar-refractivity contribution in [2.45, 2.75) is 19.3 Å². The van der Waals surface area contributed by atoms with E-state index in [0.29, 0.717) is 11.3 Å². The van der Waals surface area contributed by atoms with Crippen LogP contribution in [0.3, 0.4) is 0 Å². The van der Waals surface area contributed by atoms with E-state index in [2.05, 4.69) is 37.0 Å². The number of aromatic amines is 1. The molecule has 0 fully saturated rings. The summed E-state index contributed by atoms with van der Waals surface area (Å²) in [5.74, 6) is -0.284. The van der Waals surface area contributed by atoms with Crippen LogP contribution in [0, 0.1) is 0 Å². The molecule has 38 heavy (non-hydrogen) atoms. The second-order valence-electron chi connectivity index (χ2n) is 9.98. The molecule has 0 aliphatic carbocycles. The summed E-state index contributed by atoms with van der Waals surface area (Å²) < 4.78 is 5.65. The number of ether oxygens (including phenoxy) is 1. The number of H-pyrrole nitrogens is 1. The molecule has 1 heterocycles.